The van der Waals surface area contributed by atoms with Crippen LogP contribution < -0.4 is 0 Å². The van der Waals surface area contributed by atoms with E-state index in [2.05, 4.69) is 15.2 Å². The molecule has 2 heterocycles. The molecule has 26 heavy (non-hydrogen) atoms. The van der Waals surface area contributed by atoms with Crippen LogP contribution in [0.25, 0.3) is 10.9 Å². The van der Waals surface area contributed by atoms with Gasteiger partial charge in [-0.1, -0.05) is 18.2 Å². The number of hydrogen-bond acceptors (Lipinski definition) is 6. The average molecular weight is 356 g/mol. The maximum absolute atomic E-state index is 12.1. The second-order valence-corrected chi connectivity index (χ2v) is 5.53. The summed E-state index contributed by atoms with van der Waals surface area (Å²) in [4.78, 5) is 26.3. The standard InChI is InChI=1S/C16H16N6O4/c1-3-20-12-7-5-4-6-11(12)15(16(20)24)19-18-13(23)9-21-10(2)17-8-14(21)22(25)26/h4-8,24H,3,9H2,1-2H3. The molecule has 1 amide bonds. The molecule has 0 unspecified atom stereocenters. The molecular formula is C16H16N6O4. The van der Waals surface area contributed by atoms with Crippen molar-refractivity contribution in [3.8, 4) is 5.88 Å². The molecule has 10 heteroatoms. The maximum atomic E-state index is 12.1. The molecule has 0 saturated heterocycles. The van der Waals surface area contributed by atoms with Gasteiger partial charge >= 0.3 is 11.7 Å². The van der Waals surface area contributed by atoms with Gasteiger partial charge in [0.2, 0.25) is 5.88 Å². The molecule has 0 bridgehead atoms. The zero-order chi connectivity index (χ0) is 18.8. The Labute approximate surface area is 147 Å². The molecule has 10 nitrogen and oxygen atoms in total. The molecule has 3 rings (SSSR count). The predicted octanol–water partition coefficient (Wildman–Crippen LogP) is 3.09. The van der Waals surface area contributed by atoms with Crippen LogP contribution in [-0.4, -0.2) is 30.1 Å². The van der Waals surface area contributed by atoms with E-state index in [1.807, 2.05) is 19.1 Å². The van der Waals surface area contributed by atoms with Crippen LogP contribution in [0.15, 0.2) is 40.7 Å². The predicted molar refractivity (Wildman–Crippen MR) is 92.4 cm³/mol. The highest BCUT2D eigenvalue weighted by molar-refractivity contribution is 5.95. The third-order valence-electron chi connectivity index (χ3n) is 4.01. The number of carbonyl (C=O) groups is 1. The SMILES string of the molecule is CCn1c(O)c(N=NC(=O)Cn2c([N+](=O)[O-])cnc2C)c2ccccc21. The van der Waals surface area contributed by atoms with Crippen LogP contribution in [0.5, 0.6) is 5.88 Å². The number of nitro groups is 1. The monoisotopic (exact) mass is 356 g/mol. The first-order valence-corrected chi connectivity index (χ1v) is 7.85. The first-order valence-electron chi connectivity index (χ1n) is 7.85. The van der Waals surface area contributed by atoms with Gasteiger partial charge in [-0.25, -0.2) is 9.55 Å². The van der Waals surface area contributed by atoms with Crippen LogP contribution in [-0.2, 0) is 17.9 Å². The molecule has 0 spiro atoms. The summed E-state index contributed by atoms with van der Waals surface area (Å²) in [6.45, 7) is 3.59. The lowest BCUT2D eigenvalue weighted by Crippen LogP contribution is -2.11. The van der Waals surface area contributed by atoms with E-state index in [0.29, 0.717) is 17.8 Å². The largest absolute Gasteiger partial charge is 0.493 e. The number of aromatic hydroxyl groups is 1. The second-order valence-electron chi connectivity index (χ2n) is 5.53. The molecule has 0 aliphatic carbocycles. The van der Waals surface area contributed by atoms with Crippen LogP contribution in [0.3, 0.4) is 0 Å². The quantitative estimate of drug-likeness (QED) is 0.427. The van der Waals surface area contributed by atoms with E-state index >= 15 is 0 Å². The smallest absolute Gasteiger partial charge is 0.343 e. The number of benzene rings is 1. The van der Waals surface area contributed by atoms with Crippen molar-refractivity contribution >= 4 is 28.3 Å². The third kappa shape index (κ3) is 2.92. The average Bonchev–Trinajstić information content (AvgIpc) is 3.10. The Bertz CT molecular complexity index is 1030. The van der Waals surface area contributed by atoms with Crippen molar-refractivity contribution in [2.75, 3.05) is 0 Å². The molecule has 134 valence electrons. The normalized spacial score (nSPS) is 11.5. The summed E-state index contributed by atoms with van der Waals surface area (Å²) in [5.74, 6) is -0.751. The van der Waals surface area contributed by atoms with Gasteiger partial charge in [0.05, 0.1) is 5.52 Å². The van der Waals surface area contributed by atoms with Crippen LogP contribution in [0.4, 0.5) is 11.5 Å². The number of carbonyl (C=O) groups excluding carboxylic acids is 1. The molecule has 0 aliphatic heterocycles. The van der Waals surface area contributed by atoms with Crippen molar-refractivity contribution in [1.29, 1.82) is 0 Å². The summed E-state index contributed by atoms with van der Waals surface area (Å²) in [5, 5.41) is 29.5. The number of azo groups is 1. The number of para-hydroxylation sites is 1. The fourth-order valence-electron chi connectivity index (χ4n) is 2.76. The fraction of sp³-hybridized carbons (Fsp3) is 0.250. The molecule has 0 atom stereocenters. The van der Waals surface area contributed by atoms with Crippen molar-refractivity contribution in [2.45, 2.75) is 26.9 Å². The highest BCUT2D eigenvalue weighted by Gasteiger charge is 2.21. The van der Waals surface area contributed by atoms with E-state index in [-0.39, 0.29) is 23.9 Å². The third-order valence-corrected chi connectivity index (χ3v) is 4.01. The van der Waals surface area contributed by atoms with Crippen molar-refractivity contribution in [2.24, 2.45) is 10.2 Å². The van der Waals surface area contributed by atoms with Crippen molar-refractivity contribution in [1.82, 2.24) is 14.1 Å². The molecule has 0 saturated carbocycles. The van der Waals surface area contributed by atoms with Gasteiger partial charge in [-0.2, -0.15) is 0 Å². The number of aromatic nitrogens is 3. The van der Waals surface area contributed by atoms with E-state index in [4.69, 9.17) is 0 Å². The van der Waals surface area contributed by atoms with Crippen molar-refractivity contribution in [3.63, 3.8) is 0 Å². The number of aryl methyl sites for hydroxylation is 2. The summed E-state index contributed by atoms with van der Waals surface area (Å²) in [5.41, 5.74) is 0.961. The Morgan fingerprint density at radius 3 is 2.77 bits per heavy atom. The number of nitrogens with zero attached hydrogens (tertiary/aromatic N) is 6. The number of hydrogen-bond donors (Lipinski definition) is 1. The number of rotatable bonds is 5. The molecule has 1 N–H and O–H groups in total. The lowest BCUT2D eigenvalue weighted by atomic mass is 10.2. The molecule has 2 aromatic heterocycles. The fourth-order valence-corrected chi connectivity index (χ4v) is 2.76. The second kappa shape index (κ2) is 6.75. The van der Waals surface area contributed by atoms with E-state index in [1.54, 1.807) is 23.6 Å². The Balaban J connectivity index is 1.91. The van der Waals surface area contributed by atoms with Crippen LogP contribution >= 0.6 is 0 Å². The highest BCUT2D eigenvalue weighted by Crippen LogP contribution is 2.38. The van der Waals surface area contributed by atoms with Crippen molar-refractivity contribution < 1.29 is 14.8 Å². The minimum atomic E-state index is -0.693. The highest BCUT2D eigenvalue weighted by atomic mass is 16.6. The Kier molecular flexibility index (Phi) is 4.48. The molecule has 1 aromatic carbocycles. The van der Waals surface area contributed by atoms with Gasteiger partial charge in [-0.15, -0.1) is 10.2 Å². The summed E-state index contributed by atoms with van der Waals surface area (Å²) in [7, 11) is 0. The zero-order valence-electron chi connectivity index (χ0n) is 14.2. The van der Waals surface area contributed by atoms with Gasteiger partial charge in [0.1, 0.15) is 6.20 Å². The Morgan fingerprint density at radius 2 is 2.08 bits per heavy atom. The van der Waals surface area contributed by atoms with E-state index < -0.39 is 10.8 Å². The van der Waals surface area contributed by atoms with Crippen LogP contribution in [0, 0.1) is 17.0 Å². The lowest BCUT2D eigenvalue weighted by molar-refractivity contribution is -0.392. The van der Waals surface area contributed by atoms with Gasteiger partial charge < -0.3 is 19.8 Å². The topological polar surface area (TPSA) is 128 Å². The van der Waals surface area contributed by atoms with Gasteiger partial charge in [0, 0.05) is 18.9 Å². The van der Waals surface area contributed by atoms with Gasteiger partial charge in [0.15, 0.2) is 18.1 Å². The Hall–Kier alpha value is -3.56. The Morgan fingerprint density at radius 1 is 1.35 bits per heavy atom. The minimum absolute atomic E-state index is 0.0879. The molecular weight excluding hydrogens is 340 g/mol. The minimum Gasteiger partial charge on any atom is -0.493 e. The van der Waals surface area contributed by atoms with Gasteiger partial charge in [0.25, 0.3) is 0 Å². The van der Waals surface area contributed by atoms with Crippen LogP contribution in [0.2, 0.25) is 0 Å². The first-order chi connectivity index (χ1) is 12.4. The zero-order valence-corrected chi connectivity index (χ0v) is 14.2. The van der Waals surface area contributed by atoms with Gasteiger partial charge in [-0.05, 0) is 17.9 Å². The number of imidazole rings is 1. The van der Waals surface area contributed by atoms with E-state index in [9.17, 15) is 20.0 Å². The molecule has 0 fully saturated rings. The molecule has 3 aromatic rings. The van der Waals surface area contributed by atoms with Crippen LogP contribution in [0.1, 0.15) is 12.7 Å². The maximum Gasteiger partial charge on any atom is 0.343 e. The van der Waals surface area contributed by atoms with E-state index in [1.165, 1.54) is 0 Å². The lowest BCUT2D eigenvalue weighted by Gasteiger charge is -2.01. The number of amides is 1. The summed E-state index contributed by atoms with van der Waals surface area (Å²) in [6.07, 6.45) is 1.08. The summed E-state index contributed by atoms with van der Waals surface area (Å²) in [6, 6.07) is 7.23. The van der Waals surface area contributed by atoms with E-state index in [0.717, 1.165) is 16.3 Å². The van der Waals surface area contributed by atoms with Crippen molar-refractivity contribution in [3.05, 3.63) is 46.4 Å². The first kappa shape index (κ1) is 17.3. The van der Waals surface area contributed by atoms with Gasteiger partial charge in [-0.3, -0.25) is 4.79 Å². The molecule has 0 aliphatic rings. The summed E-state index contributed by atoms with van der Waals surface area (Å²) < 4.78 is 2.80. The summed E-state index contributed by atoms with van der Waals surface area (Å²) >= 11 is 0. The number of fused-ring (bicyclic) bond motifs is 1. The molecule has 0 radical (unpaired) electrons.